The van der Waals surface area contributed by atoms with E-state index in [-0.39, 0.29) is 17.1 Å². The molecule has 2 heterocycles. The van der Waals surface area contributed by atoms with Crippen LogP contribution in [0.15, 0.2) is 53.4 Å². The molecule has 0 spiro atoms. The smallest absolute Gasteiger partial charge is 0.166 e. The van der Waals surface area contributed by atoms with Gasteiger partial charge in [0.1, 0.15) is 17.4 Å². The molecule has 4 rings (SSSR count). The van der Waals surface area contributed by atoms with Crippen molar-refractivity contribution in [2.45, 2.75) is 12.1 Å². The van der Waals surface area contributed by atoms with Gasteiger partial charge >= 0.3 is 0 Å². The number of benzene rings is 2. The molecule has 128 valence electrons. The minimum absolute atomic E-state index is 0.0341. The first-order chi connectivity index (χ1) is 12.6. The van der Waals surface area contributed by atoms with E-state index in [1.54, 1.807) is 0 Å². The van der Waals surface area contributed by atoms with Crippen LogP contribution in [-0.2, 0) is 0 Å². The van der Waals surface area contributed by atoms with E-state index in [4.69, 9.17) is 0 Å². The topological polar surface area (TPSA) is 101 Å². The average molecular weight is 361 g/mol. The summed E-state index contributed by atoms with van der Waals surface area (Å²) in [6, 6.07) is 15.5. The Balaban J connectivity index is 1.59. The van der Waals surface area contributed by atoms with Crippen molar-refractivity contribution in [1.82, 2.24) is 19.9 Å². The zero-order valence-electron chi connectivity index (χ0n) is 13.9. The van der Waals surface area contributed by atoms with Crippen molar-refractivity contribution in [2.24, 2.45) is 0 Å². The second-order valence-electron chi connectivity index (χ2n) is 5.89. The third-order valence-electron chi connectivity index (χ3n) is 3.99. The molecule has 0 saturated carbocycles. The normalized spacial score (nSPS) is 12.3. The van der Waals surface area contributed by atoms with Gasteiger partial charge in [0.15, 0.2) is 11.0 Å². The van der Waals surface area contributed by atoms with Gasteiger partial charge < -0.3 is 15.1 Å². The number of aryl methyl sites for hydroxylation is 1. The van der Waals surface area contributed by atoms with E-state index in [1.165, 1.54) is 11.8 Å². The van der Waals surface area contributed by atoms with Crippen LogP contribution in [-0.4, -0.2) is 30.8 Å². The number of aromatic amines is 2. The Morgan fingerprint density at radius 2 is 1.92 bits per heavy atom. The van der Waals surface area contributed by atoms with Gasteiger partial charge in [-0.05, 0) is 36.8 Å². The Labute approximate surface area is 153 Å². The monoisotopic (exact) mass is 361 g/mol. The summed E-state index contributed by atoms with van der Waals surface area (Å²) in [6.07, 6.45) is 0. The number of nitriles is 1. The summed E-state index contributed by atoms with van der Waals surface area (Å²) >= 11 is 1.34. The molecule has 0 aliphatic heterocycles. The molecular weight excluding hydrogens is 346 g/mol. The molecule has 0 fully saturated rings. The maximum atomic E-state index is 10.4. The SMILES string of the molecule is Cc1ccc2nc(SC/C(O)=C(\C#N)c3nc4ccccc4[nH]3)[nH]c2c1. The van der Waals surface area contributed by atoms with E-state index >= 15 is 0 Å². The molecule has 0 radical (unpaired) electrons. The van der Waals surface area contributed by atoms with Gasteiger partial charge in [-0.2, -0.15) is 5.26 Å². The molecule has 2 aromatic heterocycles. The Morgan fingerprint density at radius 3 is 2.73 bits per heavy atom. The Hall–Kier alpha value is -3.24. The fourth-order valence-corrected chi connectivity index (χ4v) is 3.47. The standard InChI is InChI=1S/C19H15N5OS/c1-11-6-7-15-16(8-11)24-19(23-15)26-10-17(25)12(9-20)18-21-13-4-2-3-5-14(13)22-18/h2-8,25H,10H2,1H3,(H,21,22)(H,23,24)/b17-12-. The highest BCUT2D eigenvalue weighted by Crippen LogP contribution is 2.25. The number of hydrogen-bond donors (Lipinski definition) is 3. The van der Waals surface area contributed by atoms with Gasteiger partial charge in [0.25, 0.3) is 0 Å². The van der Waals surface area contributed by atoms with Crippen molar-refractivity contribution in [3.05, 3.63) is 59.6 Å². The van der Waals surface area contributed by atoms with E-state index in [9.17, 15) is 10.4 Å². The molecule has 0 saturated heterocycles. The fourth-order valence-electron chi connectivity index (χ4n) is 2.70. The summed E-state index contributed by atoms with van der Waals surface area (Å²) in [6.45, 7) is 2.02. The lowest BCUT2D eigenvalue weighted by molar-refractivity contribution is 0.420. The number of fused-ring (bicyclic) bond motifs is 2. The quantitative estimate of drug-likeness (QED) is 0.285. The van der Waals surface area contributed by atoms with Crippen molar-refractivity contribution in [1.29, 1.82) is 5.26 Å². The van der Waals surface area contributed by atoms with E-state index in [0.717, 1.165) is 27.6 Å². The van der Waals surface area contributed by atoms with Crippen LogP contribution < -0.4 is 0 Å². The third kappa shape index (κ3) is 3.03. The van der Waals surface area contributed by atoms with E-state index in [2.05, 4.69) is 19.9 Å². The first-order valence-electron chi connectivity index (χ1n) is 8.00. The highest BCUT2D eigenvalue weighted by Gasteiger charge is 2.14. The van der Waals surface area contributed by atoms with Gasteiger partial charge in [-0.25, -0.2) is 9.97 Å². The summed E-state index contributed by atoms with van der Waals surface area (Å²) in [5.74, 6) is 0.555. The minimum atomic E-state index is -0.0341. The lowest BCUT2D eigenvalue weighted by atomic mass is 10.2. The summed E-state index contributed by atoms with van der Waals surface area (Å²) in [4.78, 5) is 15.2. The van der Waals surface area contributed by atoms with E-state index < -0.39 is 0 Å². The zero-order valence-corrected chi connectivity index (χ0v) is 14.8. The lowest BCUT2D eigenvalue weighted by Gasteiger charge is -2.00. The molecule has 6 nitrogen and oxygen atoms in total. The lowest BCUT2D eigenvalue weighted by Crippen LogP contribution is -1.95. The van der Waals surface area contributed by atoms with Crippen LogP contribution in [0.4, 0.5) is 0 Å². The van der Waals surface area contributed by atoms with Crippen LogP contribution in [0.25, 0.3) is 27.6 Å². The Kier molecular flexibility index (Phi) is 4.11. The van der Waals surface area contributed by atoms with Gasteiger partial charge in [0.05, 0.1) is 27.8 Å². The van der Waals surface area contributed by atoms with E-state index in [1.807, 2.05) is 55.5 Å². The highest BCUT2D eigenvalue weighted by atomic mass is 32.2. The molecule has 0 aliphatic carbocycles. The Bertz CT molecular complexity index is 1150. The van der Waals surface area contributed by atoms with Crippen LogP contribution in [0.1, 0.15) is 11.4 Å². The molecule has 7 heteroatoms. The number of aromatic nitrogens is 4. The molecule has 2 aromatic carbocycles. The number of rotatable bonds is 4. The molecule has 0 amide bonds. The number of aliphatic hydroxyl groups excluding tert-OH is 1. The number of allylic oxidation sites excluding steroid dienone is 1. The molecule has 26 heavy (non-hydrogen) atoms. The van der Waals surface area contributed by atoms with Gasteiger partial charge in [-0.1, -0.05) is 30.0 Å². The first kappa shape index (κ1) is 16.2. The number of thioether (sulfide) groups is 1. The number of hydrogen-bond acceptors (Lipinski definition) is 5. The third-order valence-corrected chi connectivity index (χ3v) is 4.87. The van der Waals surface area contributed by atoms with Gasteiger partial charge in [-0.15, -0.1) is 0 Å². The predicted octanol–water partition coefficient (Wildman–Crippen LogP) is 4.33. The van der Waals surface area contributed by atoms with Gasteiger partial charge in [0.2, 0.25) is 0 Å². The minimum Gasteiger partial charge on any atom is -0.510 e. The number of H-pyrrole nitrogens is 2. The maximum Gasteiger partial charge on any atom is 0.166 e. The van der Waals surface area contributed by atoms with Crippen LogP contribution in [0.3, 0.4) is 0 Å². The average Bonchev–Trinajstić information content (AvgIpc) is 3.23. The highest BCUT2D eigenvalue weighted by molar-refractivity contribution is 7.99. The molecular formula is C19H15N5OS. The van der Waals surface area contributed by atoms with Crippen molar-refractivity contribution < 1.29 is 5.11 Å². The van der Waals surface area contributed by atoms with Crippen molar-refractivity contribution in [2.75, 3.05) is 5.75 Å². The molecule has 4 aromatic rings. The zero-order chi connectivity index (χ0) is 18.1. The molecule has 0 aliphatic rings. The second-order valence-corrected chi connectivity index (χ2v) is 6.85. The van der Waals surface area contributed by atoms with Crippen molar-refractivity contribution in [3.63, 3.8) is 0 Å². The van der Waals surface area contributed by atoms with Crippen LogP contribution in [0.5, 0.6) is 0 Å². The number of nitrogens with zero attached hydrogens (tertiary/aromatic N) is 3. The van der Waals surface area contributed by atoms with Crippen molar-refractivity contribution >= 4 is 39.4 Å². The second kappa shape index (κ2) is 6.58. The summed E-state index contributed by atoms with van der Waals surface area (Å²) < 4.78 is 0. The van der Waals surface area contributed by atoms with Crippen molar-refractivity contribution in [3.8, 4) is 6.07 Å². The Morgan fingerprint density at radius 1 is 1.12 bits per heavy atom. The first-order valence-corrected chi connectivity index (χ1v) is 8.99. The van der Waals surface area contributed by atoms with Gasteiger partial charge in [-0.3, -0.25) is 0 Å². The van der Waals surface area contributed by atoms with E-state index in [0.29, 0.717) is 11.0 Å². The number of nitrogens with one attached hydrogen (secondary N) is 2. The fraction of sp³-hybridized carbons (Fsp3) is 0.105. The van der Waals surface area contributed by atoms with Gasteiger partial charge in [0, 0.05) is 0 Å². The molecule has 0 unspecified atom stereocenters. The number of imidazole rings is 2. The predicted molar refractivity (Wildman–Crippen MR) is 103 cm³/mol. The molecule has 0 bridgehead atoms. The van der Waals surface area contributed by atoms with Crippen LogP contribution in [0.2, 0.25) is 0 Å². The maximum absolute atomic E-state index is 10.4. The summed E-state index contributed by atoms with van der Waals surface area (Å²) in [5.41, 5.74) is 4.69. The molecule has 3 N–H and O–H groups in total. The van der Waals surface area contributed by atoms with Crippen LogP contribution >= 0.6 is 11.8 Å². The van der Waals surface area contributed by atoms with Crippen LogP contribution in [0, 0.1) is 18.3 Å². The largest absolute Gasteiger partial charge is 0.510 e. The summed E-state index contributed by atoms with van der Waals surface area (Å²) in [7, 11) is 0. The molecule has 0 atom stereocenters. The number of aliphatic hydroxyl groups is 1. The summed E-state index contributed by atoms with van der Waals surface area (Å²) in [5, 5.41) is 20.6. The number of para-hydroxylation sites is 2.